The maximum absolute atomic E-state index is 12.1. The van der Waals surface area contributed by atoms with Crippen molar-refractivity contribution in [2.45, 2.75) is 58.3 Å². The molecule has 8 nitrogen and oxygen atoms in total. The summed E-state index contributed by atoms with van der Waals surface area (Å²) in [5.41, 5.74) is 3.89. The number of ether oxygens (including phenoxy) is 2. The Kier molecular flexibility index (Phi) is 13.8. The molecule has 0 unspecified atom stereocenters. The highest BCUT2D eigenvalue weighted by Gasteiger charge is 2.09. The van der Waals surface area contributed by atoms with Crippen LogP contribution in [0, 0.1) is 0 Å². The summed E-state index contributed by atoms with van der Waals surface area (Å²) in [5, 5.41) is 6.52. The predicted molar refractivity (Wildman–Crippen MR) is 145 cm³/mol. The number of rotatable bonds is 16. The molecule has 2 N–H and O–H groups in total. The second-order valence-electron chi connectivity index (χ2n) is 8.52. The lowest BCUT2D eigenvalue weighted by atomic mass is 10.1. The van der Waals surface area contributed by atoms with Gasteiger partial charge >= 0.3 is 5.97 Å². The summed E-state index contributed by atoms with van der Waals surface area (Å²) < 4.78 is 10.7. The number of hydrazone groups is 1. The lowest BCUT2D eigenvalue weighted by molar-refractivity contribution is -0.129. The zero-order chi connectivity index (χ0) is 26.7. The van der Waals surface area contributed by atoms with E-state index < -0.39 is 11.9 Å². The van der Waals surface area contributed by atoms with Crippen LogP contribution in [0.5, 0.6) is 11.5 Å². The molecule has 0 aliphatic heterocycles. The fourth-order valence-electron chi connectivity index (χ4n) is 3.45. The van der Waals surface area contributed by atoms with Crippen molar-refractivity contribution in [2.75, 3.05) is 13.7 Å². The molecule has 2 aromatic carbocycles. The first kappa shape index (κ1) is 29.3. The van der Waals surface area contributed by atoms with Crippen molar-refractivity contribution in [3.63, 3.8) is 0 Å². The first-order chi connectivity index (χ1) is 18.0. The molecular weight excluding hydrogens is 470 g/mol. The molecule has 2 amide bonds. The number of hydrogen-bond acceptors (Lipinski definition) is 6. The monoisotopic (exact) mass is 507 g/mol. The van der Waals surface area contributed by atoms with Crippen LogP contribution in [0.15, 0.2) is 59.7 Å². The minimum Gasteiger partial charge on any atom is -0.493 e. The Labute approximate surface area is 219 Å². The normalized spacial score (nSPS) is 11.0. The standard InChI is InChI=1S/C29H37N3O5/c1-3-4-5-6-7-8-12-15-27(33)30-22-28(34)32-31-21-24-16-18-25(26(20-24)36-2)37-29(35)19-17-23-13-10-9-11-14-23/h9-11,13-14,16-21H,3-8,12,15,22H2,1-2H3,(H,30,33)(H,32,34)/b19-17+,31-21+. The molecule has 0 heterocycles. The second kappa shape index (κ2) is 17.5. The summed E-state index contributed by atoms with van der Waals surface area (Å²) >= 11 is 0. The Balaban J connectivity index is 1.72. The van der Waals surface area contributed by atoms with Crippen LogP contribution < -0.4 is 20.2 Å². The molecule has 0 spiro atoms. The third kappa shape index (κ3) is 12.5. The highest BCUT2D eigenvalue weighted by molar-refractivity contribution is 5.90. The average molecular weight is 508 g/mol. The van der Waals surface area contributed by atoms with Gasteiger partial charge in [0, 0.05) is 12.5 Å². The van der Waals surface area contributed by atoms with Gasteiger partial charge in [0.25, 0.3) is 5.91 Å². The molecule has 0 bridgehead atoms. The number of carbonyl (C=O) groups is 3. The summed E-state index contributed by atoms with van der Waals surface area (Å²) in [6.45, 7) is 2.05. The predicted octanol–water partition coefficient (Wildman–Crippen LogP) is 5.02. The molecule has 0 atom stereocenters. The number of nitrogens with zero attached hydrogens (tertiary/aromatic N) is 1. The number of hydrogen-bond donors (Lipinski definition) is 2. The number of carbonyl (C=O) groups excluding carboxylic acids is 3. The van der Waals surface area contributed by atoms with Crippen LogP contribution in [0.3, 0.4) is 0 Å². The van der Waals surface area contributed by atoms with Crippen molar-refractivity contribution in [2.24, 2.45) is 5.10 Å². The van der Waals surface area contributed by atoms with Crippen LogP contribution in [0.25, 0.3) is 6.08 Å². The van der Waals surface area contributed by atoms with Crippen LogP contribution in [0.4, 0.5) is 0 Å². The Bertz CT molecular complexity index is 1050. The van der Waals surface area contributed by atoms with Crippen LogP contribution >= 0.6 is 0 Å². The first-order valence-electron chi connectivity index (χ1n) is 12.7. The number of nitrogens with one attached hydrogen (secondary N) is 2. The molecule has 0 aliphatic carbocycles. The summed E-state index contributed by atoms with van der Waals surface area (Å²) in [7, 11) is 1.46. The van der Waals surface area contributed by atoms with Gasteiger partial charge in [0.15, 0.2) is 11.5 Å². The van der Waals surface area contributed by atoms with E-state index in [1.54, 1.807) is 24.3 Å². The Morgan fingerprint density at radius 1 is 0.865 bits per heavy atom. The fourth-order valence-corrected chi connectivity index (χ4v) is 3.45. The minimum absolute atomic E-state index is 0.138. The second-order valence-corrected chi connectivity index (χ2v) is 8.52. The molecule has 0 aliphatic rings. The van der Waals surface area contributed by atoms with Crippen LogP contribution in [0.1, 0.15) is 69.4 Å². The highest BCUT2D eigenvalue weighted by Crippen LogP contribution is 2.27. The van der Waals surface area contributed by atoms with E-state index in [1.165, 1.54) is 45.1 Å². The number of amides is 2. The van der Waals surface area contributed by atoms with E-state index in [0.29, 0.717) is 17.7 Å². The molecule has 0 radical (unpaired) electrons. The number of unbranched alkanes of at least 4 members (excludes halogenated alkanes) is 6. The molecule has 0 saturated heterocycles. The third-order valence-corrected chi connectivity index (χ3v) is 5.47. The Morgan fingerprint density at radius 3 is 2.32 bits per heavy atom. The topological polar surface area (TPSA) is 106 Å². The van der Waals surface area contributed by atoms with Gasteiger partial charge in [-0.2, -0.15) is 5.10 Å². The van der Waals surface area contributed by atoms with E-state index in [0.717, 1.165) is 24.8 Å². The van der Waals surface area contributed by atoms with E-state index in [-0.39, 0.29) is 18.2 Å². The average Bonchev–Trinajstić information content (AvgIpc) is 2.91. The van der Waals surface area contributed by atoms with E-state index in [1.807, 2.05) is 30.3 Å². The molecule has 37 heavy (non-hydrogen) atoms. The molecule has 0 saturated carbocycles. The van der Waals surface area contributed by atoms with Crippen molar-refractivity contribution in [1.29, 1.82) is 0 Å². The van der Waals surface area contributed by atoms with E-state index >= 15 is 0 Å². The number of benzene rings is 2. The van der Waals surface area contributed by atoms with Crippen molar-refractivity contribution in [1.82, 2.24) is 10.7 Å². The van der Waals surface area contributed by atoms with Gasteiger partial charge < -0.3 is 14.8 Å². The molecule has 198 valence electrons. The van der Waals surface area contributed by atoms with Crippen molar-refractivity contribution < 1.29 is 23.9 Å². The number of esters is 1. The molecular formula is C29H37N3O5. The first-order valence-corrected chi connectivity index (χ1v) is 12.7. The number of methoxy groups -OCH3 is 1. The van der Waals surface area contributed by atoms with E-state index in [9.17, 15) is 14.4 Å². The van der Waals surface area contributed by atoms with E-state index in [4.69, 9.17) is 9.47 Å². The van der Waals surface area contributed by atoms with Gasteiger partial charge in [0.2, 0.25) is 5.91 Å². The van der Waals surface area contributed by atoms with Gasteiger partial charge in [-0.1, -0.05) is 75.8 Å². The van der Waals surface area contributed by atoms with Gasteiger partial charge in [-0.25, -0.2) is 10.2 Å². The summed E-state index contributed by atoms with van der Waals surface area (Å²) in [6.07, 6.45) is 12.8. The van der Waals surface area contributed by atoms with Crippen molar-refractivity contribution in [3.05, 3.63) is 65.7 Å². The molecule has 2 aromatic rings. The van der Waals surface area contributed by atoms with Crippen LogP contribution in [0.2, 0.25) is 0 Å². The third-order valence-electron chi connectivity index (χ3n) is 5.47. The van der Waals surface area contributed by atoms with Gasteiger partial charge in [-0.05, 0) is 41.8 Å². The molecule has 0 aromatic heterocycles. The zero-order valence-corrected chi connectivity index (χ0v) is 21.7. The van der Waals surface area contributed by atoms with Gasteiger partial charge in [-0.15, -0.1) is 0 Å². The SMILES string of the molecule is CCCCCCCCCC(=O)NCC(=O)N/N=C/c1ccc(OC(=O)/C=C/c2ccccc2)c(OC)c1. The highest BCUT2D eigenvalue weighted by atomic mass is 16.6. The van der Waals surface area contributed by atoms with Gasteiger partial charge in [0.05, 0.1) is 19.9 Å². The lowest BCUT2D eigenvalue weighted by Crippen LogP contribution is -2.34. The summed E-state index contributed by atoms with van der Waals surface area (Å²) in [5.74, 6) is -0.498. The largest absolute Gasteiger partial charge is 0.493 e. The molecule has 8 heteroatoms. The van der Waals surface area contributed by atoms with Crippen molar-refractivity contribution in [3.8, 4) is 11.5 Å². The summed E-state index contributed by atoms with van der Waals surface area (Å²) in [6, 6.07) is 14.3. The minimum atomic E-state index is -0.537. The Morgan fingerprint density at radius 2 is 1.59 bits per heavy atom. The maximum Gasteiger partial charge on any atom is 0.336 e. The Hall–Kier alpha value is -3.94. The van der Waals surface area contributed by atoms with Crippen LogP contribution in [-0.2, 0) is 14.4 Å². The fraction of sp³-hybridized carbons (Fsp3) is 0.379. The maximum atomic E-state index is 12.1. The van der Waals surface area contributed by atoms with E-state index in [2.05, 4.69) is 22.8 Å². The van der Waals surface area contributed by atoms with Gasteiger partial charge in [-0.3, -0.25) is 9.59 Å². The zero-order valence-electron chi connectivity index (χ0n) is 21.7. The van der Waals surface area contributed by atoms with Crippen molar-refractivity contribution >= 4 is 30.1 Å². The summed E-state index contributed by atoms with van der Waals surface area (Å²) in [4.78, 5) is 36.0. The smallest absolute Gasteiger partial charge is 0.336 e. The quantitative estimate of drug-likeness (QED) is 0.0829. The molecule has 0 fully saturated rings. The van der Waals surface area contributed by atoms with Gasteiger partial charge in [0.1, 0.15) is 0 Å². The lowest BCUT2D eigenvalue weighted by Gasteiger charge is -2.08. The van der Waals surface area contributed by atoms with Crippen LogP contribution in [-0.4, -0.2) is 37.7 Å². The molecule has 2 rings (SSSR count).